The van der Waals surface area contributed by atoms with Crippen LogP contribution in [0, 0.1) is 0 Å². The number of hydrogen-bond donors (Lipinski definition) is 1. The molecule has 2 heterocycles. The number of hydrogen-bond acceptors (Lipinski definition) is 7. The molecule has 1 atom stereocenters. The normalized spacial score (nSPS) is 18.9. The first-order valence-electron chi connectivity index (χ1n) is 8.55. The maximum Gasteiger partial charge on any atom is 0.247 e. The summed E-state index contributed by atoms with van der Waals surface area (Å²) in [6.07, 6.45) is 0.476. The predicted octanol–water partition coefficient (Wildman–Crippen LogP) is 0.862. The van der Waals surface area contributed by atoms with Crippen LogP contribution in [0.25, 0.3) is 11.5 Å². The second-order valence-corrected chi connectivity index (χ2v) is 8.57. The monoisotopic (exact) mass is 378 g/mol. The summed E-state index contributed by atoms with van der Waals surface area (Å²) in [6, 6.07) is 9.18. The van der Waals surface area contributed by atoms with Crippen LogP contribution in [0.1, 0.15) is 19.2 Å². The number of rotatable bonds is 7. The summed E-state index contributed by atoms with van der Waals surface area (Å²) < 4.78 is 28.6. The van der Waals surface area contributed by atoms with Gasteiger partial charge in [0.05, 0.1) is 24.6 Å². The third-order valence-corrected chi connectivity index (χ3v) is 6.03. The van der Waals surface area contributed by atoms with Gasteiger partial charge >= 0.3 is 0 Å². The lowest BCUT2D eigenvalue weighted by Crippen LogP contribution is -2.42. The number of aromatic nitrogens is 2. The molecule has 1 amide bonds. The summed E-state index contributed by atoms with van der Waals surface area (Å²) in [7, 11) is -3.01. The zero-order chi connectivity index (χ0) is 18.6. The van der Waals surface area contributed by atoms with Gasteiger partial charge in [0.25, 0.3) is 0 Å². The third kappa shape index (κ3) is 4.89. The Labute approximate surface area is 152 Å². The number of nitrogens with one attached hydrogen (secondary N) is 1. The van der Waals surface area contributed by atoms with Crippen molar-refractivity contribution in [2.75, 3.05) is 24.6 Å². The summed E-state index contributed by atoms with van der Waals surface area (Å²) >= 11 is 0. The Morgan fingerprint density at radius 1 is 1.31 bits per heavy atom. The predicted molar refractivity (Wildman–Crippen MR) is 95.9 cm³/mol. The molecule has 0 bridgehead atoms. The van der Waals surface area contributed by atoms with Crippen molar-refractivity contribution in [3.05, 3.63) is 36.2 Å². The van der Waals surface area contributed by atoms with E-state index >= 15 is 0 Å². The van der Waals surface area contributed by atoms with Gasteiger partial charge in [-0.25, -0.2) is 8.42 Å². The summed E-state index contributed by atoms with van der Waals surface area (Å²) in [5.74, 6) is 0.838. The molecule has 1 aromatic carbocycles. The molecule has 0 unspecified atom stereocenters. The van der Waals surface area contributed by atoms with Crippen molar-refractivity contribution < 1.29 is 17.6 Å². The van der Waals surface area contributed by atoms with Crippen molar-refractivity contribution in [2.45, 2.75) is 25.9 Å². The van der Waals surface area contributed by atoms with E-state index in [-0.39, 0.29) is 30.0 Å². The second-order valence-electron chi connectivity index (χ2n) is 6.34. The van der Waals surface area contributed by atoms with Crippen LogP contribution in [0.4, 0.5) is 0 Å². The van der Waals surface area contributed by atoms with E-state index in [0.717, 1.165) is 5.56 Å². The topological polar surface area (TPSA) is 105 Å². The van der Waals surface area contributed by atoms with E-state index in [1.807, 2.05) is 42.2 Å². The van der Waals surface area contributed by atoms with Crippen LogP contribution in [0.2, 0.25) is 0 Å². The van der Waals surface area contributed by atoms with Gasteiger partial charge in [0.15, 0.2) is 9.84 Å². The van der Waals surface area contributed by atoms with Crippen molar-refractivity contribution in [2.24, 2.45) is 0 Å². The number of carbonyl (C=O) groups is 1. The Morgan fingerprint density at radius 3 is 2.73 bits per heavy atom. The number of carbonyl (C=O) groups excluding carboxylic acids is 1. The fourth-order valence-electron chi connectivity index (χ4n) is 2.87. The molecule has 26 heavy (non-hydrogen) atoms. The quantitative estimate of drug-likeness (QED) is 0.762. The molecule has 0 spiro atoms. The van der Waals surface area contributed by atoms with Gasteiger partial charge in [-0.15, -0.1) is 10.2 Å². The molecule has 1 aliphatic heterocycles. The van der Waals surface area contributed by atoms with Gasteiger partial charge in [0, 0.05) is 11.6 Å². The maximum atomic E-state index is 12.2. The van der Waals surface area contributed by atoms with Crippen LogP contribution in [-0.2, 0) is 21.2 Å². The van der Waals surface area contributed by atoms with Crippen LogP contribution < -0.4 is 5.32 Å². The zero-order valence-electron chi connectivity index (χ0n) is 14.6. The lowest BCUT2D eigenvalue weighted by atomic mass is 10.2. The highest BCUT2D eigenvalue weighted by Gasteiger charge is 2.29. The number of likely N-dealkylation sites (N-methyl/N-ethyl adjacent to an activating group) is 1. The Hall–Kier alpha value is -2.26. The minimum atomic E-state index is -3.01. The molecule has 8 nitrogen and oxygen atoms in total. The Balaban J connectivity index is 1.55. The minimum absolute atomic E-state index is 0.0228. The molecule has 9 heteroatoms. The molecule has 1 aliphatic rings. The van der Waals surface area contributed by atoms with Crippen molar-refractivity contribution in [3.8, 4) is 11.5 Å². The highest BCUT2D eigenvalue weighted by Crippen LogP contribution is 2.17. The molecule has 1 aromatic heterocycles. The Kier molecular flexibility index (Phi) is 5.67. The Morgan fingerprint density at radius 2 is 2.08 bits per heavy atom. The first kappa shape index (κ1) is 18.5. The molecular formula is C17H22N4O4S. The lowest BCUT2D eigenvalue weighted by Gasteiger charge is -2.19. The van der Waals surface area contributed by atoms with Gasteiger partial charge in [0.1, 0.15) is 0 Å². The van der Waals surface area contributed by atoms with Gasteiger partial charge in [-0.2, -0.15) is 0 Å². The average Bonchev–Trinajstić information content (AvgIpc) is 3.21. The number of amides is 1. The summed E-state index contributed by atoms with van der Waals surface area (Å²) in [5, 5.41) is 10.9. The molecule has 0 saturated carbocycles. The van der Waals surface area contributed by atoms with Crippen LogP contribution >= 0.6 is 0 Å². The molecule has 3 rings (SSSR count). The fourth-order valence-corrected chi connectivity index (χ4v) is 4.54. The minimum Gasteiger partial charge on any atom is -0.419 e. The molecule has 1 N–H and O–H groups in total. The molecule has 140 valence electrons. The van der Waals surface area contributed by atoms with Gasteiger partial charge in [0.2, 0.25) is 17.7 Å². The summed E-state index contributed by atoms with van der Waals surface area (Å²) in [5.41, 5.74) is 0.842. The standard InChI is InChI=1S/C17H22N4O4S/c1-2-21(10-15(22)18-14-8-9-26(23,24)12-14)11-16-19-20-17(25-16)13-6-4-3-5-7-13/h3-7,14H,2,8-12H2,1H3,(H,18,22)/t14-/m0/s1. The van der Waals surface area contributed by atoms with E-state index in [4.69, 9.17) is 4.42 Å². The van der Waals surface area contributed by atoms with Gasteiger partial charge < -0.3 is 9.73 Å². The fraction of sp³-hybridized carbons (Fsp3) is 0.471. The molecule has 2 aromatic rings. The summed E-state index contributed by atoms with van der Waals surface area (Å²) in [6.45, 7) is 3.06. The maximum absolute atomic E-state index is 12.2. The van der Waals surface area contributed by atoms with Crippen molar-refractivity contribution in [3.63, 3.8) is 0 Å². The highest BCUT2D eigenvalue weighted by molar-refractivity contribution is 7.91. The van der Waals surface area contributed by atoms with Gasteiger partial charge in [-0.3, -0.25) is 9.69 Å². The van der Waals surface area contributed by atoms with Crippen LogP contribution in [0.3, 0.4) is 0 Å². The van der Waals surface area contributed by atoms with Crippen LogP contribution in [0.5, 0.6) is 0 Å². The summed E-state index contributed by atoms with van der Waals surface area (Å²) in [4.78, 5) is 14.0. The SMILES string of the molecule is CCN(CC(=O)N[C@H]1CCS(=O)(=O)C1)Cc1nnc(-c2ccccc2)o1. The number of sulfone groups is 1. The van der Waals surface area contributed by atoms with E-state index in [1.54, 1.807) is 0 Å². The van der Waals surface area contributed by atoms with E-state index in [9.17, 15) is 13.2 Å². The zero-order valence-corrected chi connectivity index (χ0v) is 15.4. The highest BCUT2D eigenvalue weighted by atomic mass is 32.2. The largest absolute Gasteiger partial charge is 0.419 e. The number of nitrogens with zero attached hydrogens (tertiary/aromatic N) is 3. The second kappa shape index (κ2) is 7.96. The Bertz CT molecular complexity index is 851. The third-order valence-electron chi connectivity index (χ3n) is 4.26. The smallest absolute Gasteiger partial charge is 0.247 e. The first-order chi connectivity index (χ1) is 12.4. The molecule has 0 radical (unpaired) electrons. The van der Waals surface area contributed by atoms with Gasteiger partial charge in [-0.05, 0) is 25.1 Å². The van der Waals surface area contributed by atoms with E-state index < -0.39 is 9.84 Å². The van der Waals surface area contributed by atoms with Crippen molar-refractivity contribution in [1.82, 2.24) is 20.4 Å². The van der Waals surface area contributed by atoms with Crippen LogP contribution in [-0.4, -0.2) is 60.1 Å². The van der Waals surface area contributed by atoms with E-state index in [1.165, 1.54) is 0 Å². The van der Waals surface area contributed by atoms with E-state index in [0.29, 0.717) is 31.3 Å². The molecule has 0 aliphatic carbocycles. The van der Waals surface area contributed by atoms with Crippen molar-refractivity contribution in [1.29, 1.82) is 0 Å². The first-order valence-corrected chi connectivity index (χ1v) is 10.4. The molecule has 1 saturated heterocycles. The van der Waals surface area contributed by atoms with Crippen LogP contribution in [0.15, 0.2) is 34.7 Å². The van der Waals surface area contributed by atoms with Gasteiger partial charge in [-0.1, -0.05) is 25.1 Å². The average molecular weight is 378 g/mol. The van der Waals surface area contributed by atoms with E-state index in [2.05, 4.69) is 15.5 Å². The lowest BCUT2D eigenvalue weighted by molar-refractivity contribution is -0.122. The number of benzene rings is 1. The molecule has 1 fully saturated rings. The molecular weight excluding hydrogens is 356 g/mol. The van der Waals surface area contributed by atoms with Crippen molar-refractivity contribution >= 4 is 15.7 Å².